The van der Waals surface area contributed by atoms with Crippen LogP contribution in [0.25, 0.3) is 0 Å². The highest BCUT2D eigenvalue weighted by atomic mass is 35.5. The van der Waals surface area contributed by atoms with Crippen molar-refractivity contribution in [2.24, 2.45) is 4.99 Å². The van der Waals surface area contributed by atoms with Crippen molar-refractivity contribution < 1.29 is 9.53 Å². The third-order valence-electron chi connectivity index (χ3n) is 5.91. The molecule has 2 heterocycles. The summed E-state index contributed by atoms with van der Waals surface area (Å²) in [6.45, 7) is 6.69. The van der Waals surface area contributed by atoms with Gasteiger partial charge < -0.3 is 14.5 Å². The van der Waals surface area contributed by atoms with Gasteiger partial charge in [-0.25, -0.2) is 4.99 Å². The smallest absolute Gasteiger partial charge is 0.255 e. The SMILES string of the molecule is Cc1ccc2c(c1)Oc1ccc(C)cc1C(N1CCN(C(=O)c3ccccc3Cl)CC1)=N2. The van der Waals surface area contributed by atoms with E-state index in [0.717, 1.165) is 39.7 Å². The average molecular weight is 446 g/mol. The van der Waals surface area contributed by atoms with Crippen LogP contribution in [-0.2, 0) is 0 Å². The second kappa shape index (κ2) is 8.32. The van der Waals surface area contributed by atoms with Crippen LogP contribution in [0.2, 0.25) is 5.02 Å². The monoisotopic (exact) mass is 445 g/mol. The number of amides is 1. The molecule has 5 nitrogen and oxygen atoms in total. The minimum Gasteiger partial charge on any atom is -0.454 e. The van der Waals surface area contributed by atoms with E-state index in [1.54, 1.807) is 12.1 Å². The van der Waals surface area contributed by atoms with Crippen LogP contribution in [-0.4, -0.2) is 47.7 Å². The Morgan fingerprint density at radius 3 is 2.41 bits per heavy atom. The van der Waals surface area contributed by atoms with E-state index in [4.69, 9.17) is 21.3 Å². The van der Waals surface area contributed by atoms with Crippen LogP contribution in [0, 0.1) is 13.8 Å². The molecule has 0 aromatic heterocycles. The molecule has 0 atom stereocenters. The number of amidine groups is 1. The highest BCUT2D eigenvalue weighted by Crippen LogP contribution is 2.39. The number of benzene rings is 3. The van der Waals surface area contributed by atoms with Crippen molar-refractivity contribution in [3.05, 3.63) is 87.9 Å². The largest absolute Gasteiger partial charge is 0.454 e. The van der Waals surface area contributed by atoms with Crippen molar-refractivity contribution in [1.82, 2.24) is 9.80 Å². The lowest BCUT2D eigenvalue weighted by atomic mass is 10.1. The van der Waals surface area contributed by atoms with Crippen LogP contribution in [0.5, 0.6) is 11.5 Å². The molecule has 0 bridgehead atoms. The van der Waals surface area contributed by atoms with E-state index in [-0.39, 0.29) is 5.91 Å². The zero-order valence-electron chi connectivity index (χ0n) is 18.1. The van der Waals surface area contributed by atoms with Crippen molar-refractivity contribution in [2.45, 2.75) is 13.8 Å². The number of nitrogens with zero attached hydrogens (tertiary/aromatic N) is 3. The van der Waals surface area contributed by atoms with Gasteiger partial charge in [-0.05, 0) is 55.8 Å². The lowest BCUT2D eigenvalue weighted by molar-refractivity contribution is 0.0692. The number of carbonyl (C=O) groups is 1. The van der Waals surface area contributed by atoms with E-state index in [1.165, 1.54) is 0 Å². The molecular formula is C26H24ClN3O2. The number of piperazine rings is 1. The predicted octanol–water partition coefficient (Wildman–Crippen LogP) is 5.60. The van der Waals surface area contributed by atoms with Gasteiger partial charge in [0.15, 0.2) is 5.75 Å². The molecule has 0 radical (unpaired) electrons. The van der Waals surface area contributed by atoms with Crippen LogP contribution in [0.4, 0.5) is 5.69 Å². The van der Waals surface area contributed by atoms with Crippen LogP contribution >= 0.6 is 11.6 Å². The van der Waals surface area contributed by atoms with Crippen molar-refractivity contribution >= 4 is 29.0 Å². The Labute approximate surface area is 192 Å². The predicted molar refractivity (Wildman–Crippen MR) is 128 cm³/mol. The molecule has 32 heavy (non-hydrogen) atoms. The van der Waals surface area contributed by atoms with Crippen LogP contribution in [0.1, 0.15) is 27.0 Å². The molecule has 0 spiro atoms. The Bertz CT molecular complexity index is 1230. The lowest BCUT2D eigenvalue weighted by Gasteiger charge is -2.36. The standard InChI is InChI=1S/C26H24ClN3O2/c1-17-8-10-23-20(15-17)25(28-22-9-7-18(2)16-24(22)32-23)29-11-13-30(14-12-29)26(31)19-5-3-4-6-21(19)27/h3-10,15-16H,11-14H2,1-2H3. The molecule has 6 heteroatoms. The number of ether oxygens (including phenoxy) is 1. The van der Waals surface area contributed by atoms with Crippen LogP contribution < -0.4 is 4.74 Å². The van der Waals surface area contributed by atoms with Crippen molar-refractivity contribution in [3.63, 3.8) is 0 Å². The summed E-state index contributed by atoms with van der Waals surface area (Å²) in [5.74, 6) is 2.42. The Kier molecular flexibility index (Phi) is 5.35. The Morgan fingerprint density at radius 2 is 1.62 bits per heavy atom. The molecule has 1 amide bonds. The Balaban J connectivity index is 1.44. The number of rotatable bonds is 1. The van der Waals surface area contributed by atoms with Gasteiger partial charge in [0.25, 0.3) is 5.91 Å². The highest BCUT2D eigenvalue weighted by Gasteiger charge is 2.28. The van der Waals surface area contributed by atoms with Gasteiger partial charge in [-0.2, -0.15) is 0 Å². The van der Waals surface area contributed by atoms with Crippen LogP contribution in [0.15, 0.2) is 65.7 Å². The Morgan fingerprint density at radius 1 is 0.906 bits per heavy atom. The molecule has 162 valence electrons. The molecule has 2 aliphatic heterocycles. The summed E-state index contributed by atoms with van der Waals surface area (Å²) in [4.78, 5) is 22.1. The van der Waals surface area contributed by atoms with E-state index < -0.39 is 0 Å². The maximum atomic E-state index is 13.0. The van der Waals surface area contributed by atoms with Gasteiger partial charge in [0.2, 0.25) is 0 Å². The van der Waals surface area contributed by atoms with E-state index >= 15 is 0 Å². The summed E-state index contributed by atoms with van der Waals surface area (Å²) in [5, 5.41) is 0.488. The summed E-state index contributed by atoms with van der Waals surface area (Å²) in [6, 6.07) is 19.5. The maximum Gasteiger partial charge on any atom is 0.255 e. The minimum absolute atomic E-state index is 0.0292. The first-order valence-corrected chi connectivity index (χ1v) is 11.1. The van der Waals surface area contributed by atoms with E-state index in [0.29, 0.717) is 36.8 Å². The third-order valence-corrected chi connectivity index (χ3v) is 6.24. The zero-order chi connectivity index (χ0) is 22.2. The van der Waals surface area contributed by atoms with E-state index in [1.807, 2.05) is 48.2 Å². The van der Waals surface area contributed by atoms with Gasteiger partial charge in [0.05, 0.1) is 16.1 Å². The lowest BCUT2D eigenvalue weighted by Crippen LogP contribution is -2.50. The Hall–Kier alpha value is -3.31. The van der Waals surface area contributed by atoms with Gasteiger partial charge in [-0.15, -0.1) is 0 Å². The third kappa shape index (κ3) is 3.84. The highest BCUT2D eigenvalue weighted by molar-refractivity contribution is 6.33. The second-order valence-electron chi connectivity index (χ2n) is 8.27. The summed E-state index contributed by atoms with van der Waals surface area (Å²) in [5.41, 5.74) is 4.62. The number of carbonyl (C=O) groups excluding carboxylic acids is 1. The molecule has 0 unspecified atom stereocenters. The number of hydrogen-bond donors (Lipinski definition) is 0. The normalized spacial score (nSPS) is 15.3. The maximum absolute atomic E-state index is 13.0. The van der Waals surface area contributed by atoms with Gasteiger partial charge in [-0.1, -0.05) is 41.4 Å². The topological polar surface area (TPSA) is 45.1 Å². The molecule has 0 aliphatic carbocycles. The molecule has 2 aliphatic rings. The number of fused-ring (bicyclic) bond motifs is 2. The number of hydrogen-bond acceptors (Lipinski definition) is 4. The summed E-state index contributed by atoms with van der Waals surface area (Å²) in [7, 11) is 0. The fraction of sp³-hybridized carbons (Fsp3) is 0.231. The van der Waals surface area contributed by atoms with Gasteiger partial charge in [0.1, 0.15) is 17.3 Å². The van der Waals surface area contributed by atoms with Crippen molar-refractivity contribution in [1.29, 1.82) is 0 Å². The van der Waals surface area contributed by atoms with Gasteiger partial charge in [-0.3, -0.25) is 4.79 Å². The fourth-order valence-electron chi connectivity index (χ4n) is 4.16. The first kappa shape index (κ1) is 20.6. The van der Waals surface area contributed by atoms with Gasteiger partial charge in [0, 0.05) is 26.2 Å². The van der Waals surface area contributed by atoms with Crippen LogP contribution in [0.3, 0.4) is 0 Å². The minimum atomic E-state index is -0.0292. The molecule has 3 aromatic rings. The number of aliphatic imine (C=N–C) groups is 1. The molecular weight excluding hydrogens is 422 g/mol. The molecule has 1 fully saturated rings. The summed E-state index contributed by atoms with van der Waals surface area (Å²) in [6.07, 6.45) is 0. The zero-order valence-corrected chi connectivity index (χ0v) is 18.9. The second-order valence-corrected chi connectivity index (χ2v) is 8.67. The van der Waals surface area contributed by atoms with Gasteiger partial charge >= 0.3 is 0 Å². The summed E-state index contributed by atoms with van der Waals surface area (Å²) >= 11 is 6.25. The summed E-state index contributed by atoms with van der Waals surface area (Å²) < 4.78 is 6.27. The molecule has 3 aromatic carbocycles. The molecule has 0 saturated carbocycles. The quantitative estimate of drug-likeness (QED) is 0.489. The van der Waals surface area contributed by atoms with Crippen molar-refractivity contribution in [2.75, 3.05) is 26.2 Å². The average Bonchev–Trinajstić information content (AvgIpc) is 2.95. The van der Waals surface area contributed by atoms with E-state index in [2.05, 4.69) is 24.0 Å². The fourth-order valence-corrected chi connectivity index (χ4v) is 4.38. The number of halogens is 1. The molecule has 5 rings (SSSR count). The first-order chi connectivity index (χ1) is 15.5. The van der Waals surface area contributed by atoms with E-state index in [9.17, 15) is 4.79 Å². The molecule has 0 N–H and O–H groups in total. The number of aryl methyl sites for hydroxylation is 2. The molecule has 1 saturated heterocycles. The first-order valence-electron chi connectivity index (χ1n) is 10.8. The van der Waals surface area contributed by atoms with Crippen molar-refractivity contribution in [3.8, 4) is 11.5 Å².